The summed E-state index contributed by atoms with van der Waals surface area (Å²) in [5.74, 6) is 0.219. The summed E-state index contributed by atoms with van der Waals surface area (Å²) in [5, 5.41) is 4.29. The highest BCUT2D eigenvalue weighted by atomic mass is 16.2. The summed E-state index contributed by atoms with van der Waals surface area (Å²) in [5.41, 5.74) is 2.39. The summed E-state index contributed by atoms with van der Waals surface area (Å²) in [6.45, 7) is 4.64. The van der Waals surface area contributed by atoms with Crippen LogP contribution in [0.2, 0.25) is 0 Å². The molecule has 0 spiro atoms. The van der Waals surface area contributed by atoms with Crippen molar-refractivity contribution in [2.24, 2.45) is 0 Å². The van der Waals surface area contributed by atoms with Gasteiger partial charge in [-0.15, -0.1) is 0 Å². The largest absolute Gasteiger partial charge is 0.311 e. The van der Waals surface area contributed by atoms with E-state index in [1.165, 1.54) is 5.56 Å². The van der Waals surface area contributed by atoms with Crippen molar-refractivity contribution in [3.63, 3.8) is 0 Å². The maximum Gasteiger partial charge on any atom is 0.244 e. The van der Waals surface area contributed by atoms with Crippen LogP contribution in [0, 0.1) is 0 Å². The first kappa shape index (κ1) is 14.5. The molecule has 1 aromatic heterocycles. The lowest BCUT2D eigenvalue weighted by Gasteiger charge is -2.44. The number of aryl methyl sites for hydroxylation is 1. The van der Waals surface area contributed by atoms with Gasteiger partial charge in [0.15, 0.2) is 0 Å². The molecule has 2 aliphatic heterocycles. The molecule has 0 N–H and O–H groups in total. The first-order chi connectivity index (χ1) is 11.2. The topological polar surface area (TPSA) is 41.4 Å². The minimum Gasteiger partial charge on any atom is -0.311 e. The smallest absolute Gasteiger partial charge is 0.244 e. The van der Waals surface area contributed by atoms with E-state index in [4.69, 9.17) is 0 Å². The number of hydrogen-bond acceptors (Lipinski definition) is 3. The average Bonchev–Trinajstić information content (AvgIpc) is 3.06. The molecule has 1 atom stereocenters. The molecule has 23 heavy (non-hydrogen) atoms. The van der Waals surface area contributed by atoms with Crippen molar-refractivity contribution in [3.8, 4) is 0 Å². The van der Waals surface area contributed by atoms with E-state index >= 15 is 0 Å². The Morgan fingerprint density at radius 3 is 2.87 bits per heavy atom. The third kappa shape index (κ3) is 2.55. The van der Waals surface area contributed by atoms with Crippen LogP contribution in [0.1, 0.15) is 24.9 Å². The lowest BCUT2D eigenvalue weighted by atomic mass is 10.00. The molecular weight excluding hydrogens is 288 g/mol. The molecule has 1 unspecified atom stereocenters. The Kier molecular flexibility index (Phi) is 3.65. The van der Waals surface area contributed by atoms with Gasteiger partial charge < -0.3 is 4.90 Å². The molecule has 1 fully saturated rings. The molecule has 0 saturated carbocycles. The first-order valence-corrected chi connectivity index (χ1v) is 8.36. The highest BCUT2D eigenvalue weighted by molar-refractivity contribution is 5.98. The first-order valence-electron chi connectivity index (χ1n) is 8.36. The number of amides is 1. The molecule has 4 rings (SSSR count). The molecule has 0 radical (unpaired) electrons. The predicted molar refractivity (Wildman–Crippen MR) is 89.4 cm³/mol. The molecule has 1 amide bonds. The zero-order valence-electron chi connectivity index (χ0n) is 13.4. The normalized spacial score (nSPS) is 20.0. The summed E-state index contributed by atoms with van der Waals surface area (Å²) < 4.78 is 1.99. The standard InChI is InChI=1S/C18H22N4O/c1-14(20-12-16(13-20)22-11-5-9-19-22)18(23)21-10-4-7-15-6-2-3-8-17(15)21/h2-3,5-6,8-9,11,14,16H,4,7,10,12-13H2,1H3. The molecule has 2 aliphatic rings. The number of fused-ring (bicyclic) bond motifs is 1. The second-order valence-electron chi connectivity index (χ2n) is 6.49. The van der Waals surface area contributed by atoms with Gasteiger partial charge in [-0.2, -0.15) is 5.10 Å². The van der Waals surface area contributed by atoms with Gasteiger partial charge in [-0.3, -0.25) is 14.4 Å². The van der Waals surface area contributed by atoms with Crippen LogP contribution in [0.25, 0.3) is 0 Å². The maximum absolute atomic E-state index is 13.0. The molecule has 5 heteroatoms. The van der Waals surface area contributed by atoms with Crippen LogP contribution >= 0.6 is 0 Å². The predicted octanol–water partition coefficient (Wildman–Crippen LogP) is 2.11. The monoisotopic (exact) mass is 310 g/mol. The Morgan fingerprint density at radius 1 is 1.26 bits per heavy atom. The van der Waals surface area contributed by atoms with Gasteiger partial charge >= 0.3 is 0 Å². The van der Waals surface area contributed by atoms with Crippen LogP contribution < -0.4 is 4.90 Å². The minimum atomic E-state index is -0.0760. The third-order valence-electron chi connectivity index (χ3n) is 5.07. The van der Waals surface area contributed by atoms with E-state index in [-0.39, 0.29) is 11.9 Å². The fourth-order valence-electron chi connectivity index (χ4n) is 3.61. The summed E-state index contributed by atoms with van der Waals surface area (Å²) in [6.07, 6.45) is 5.92. The highest BCUT2D eigenvalue weighted by Gasteiger charge is 2.37. The van der Waals surface area contributed by atoms with Crippen molar-refractivity contribution >= 4 is 11.6 Å². The van der Waals surface area contributed by atoms with Gasteiger partial charge in [-0.05, 0) is 37.5 Å². The Balaban J connectivity index is 1.44. The van der Waals surface area contributed by atoms with E-state index in [9.17, 15) is 4.79 Å². The Morgan fingerprint density at radius 2 is 2.09 bits per heavy atom. The number of carbonyl (C=O) groups excluding carboxylic acids is 1. The van der Waals surface area contributed by atoms with E-state index in [1.54, 1.807) is 0 Å². The summed E-state index contributed by atoms with van der Waals surface area (Å²) in [6, 6.07) is 10.6. The molecule has 0 bridgehead atoms. The number of anilines is 1. The third-order valence-corrected chi connectivity index (χ3v) is 5.07. The van der Waals surface area contributed by atoms with Gasteiger partial charge in [0.25, 0.3) is 0 Å². The molecular formula is C18H22N4O. The second-order valence-corrected chi connectivity index (χ2v) is 6.49. The number of rotatable bonds is 3. The highest BCUT2D eigenvalue weighted by Crippen LogP contribution is 2.29. The van der Waals surface area contributed by atoms with Gasteiger partial charge in [0.2, 0.25) is 5.91 Å². The van der Waals surface area contributed by atoms with E-state index in [1.807, 2.05) is 41.0 Å². The van der Waals surface area contributed by atoms with Crippen LogP contribution in [0.4, 0.5) is 5.69 Å². The minimum absolute atomic E-state index is 0.0760. The van der Waals surface area contributed by atoms with Crippen LogP contribution in [0.5, 0.6) is 0 Å². The number of hydrogen-bond donors (Lipinski definition) is 0. The van der Waals surface area contributed by atoms with Gasteiger partial charge in [0, 0.05) is 37.7 Å². The lowest BCUT2D eigenvalue weighted by molar-refractivity contribution is -0.125. The zero-order chi connectivity index (χ0) is 15.8. The van der Waals surface area contributed by atoms with Crippen LogP contribution in [0.15, 0.2) is 42.7 Å². The van der Waals surface area contributed by atoms with E-state index in [2.05, 4.69) is 28.2 Å². The molecule has 120 valence electrons. The quantitative estimate of drug-likeness (QED) is 0.872. The Bertz CT molecular complexity index is 691. The van der Waals surface area contributed by atoms with E-state index < -0.39 is 0 Å². The summed E-state index contributed by atoms with van der Waals surface area (Å²) in [4.78, 5) is 17.2. The number of benzene rings is 1. The Labute approximate surface area is 136 Å². The van der Waals surface area contributed by atoms with Crippen molar-refractivity contribution in [2.45, 2.75) is 31.8 Å². The second kappa shape index (κ2) is 5.81. The van der Waals surface area contributed by atoms with Gasteiger partial charge in [0.1, 0.15) is 0 Å². The number of carbonyl (C=O) groups is 1. The molecule has 1 aromatic carbocycles. The van der Waals surface area contributed by atoms with Crippen molar-refractivity contribution in [3.05, 3.63) is 48.3 Å². The fourth-order valence-corrected chi connectivity index (χ4v) is 3.61. The molecule has 0 aliphatic carbocycles. The SMILES string of the molecule is CC(C(=O)N1CCCc2ccccc21)N1CC(n2cccn2)C1. The zero-order valence-corrected chi connectivity index (χ0v) is 13.4. The van der Waals surface area contributed by atoms with E-state index in [0.717, 1.165) is 38.2 Å². The molecule has 2 aromatic rings. The van der Waals surface area contributed by atoms with Crippen LogP contribution in [0.3, 0.4) is 0 Å². The van der Waals surface area contributed by atoms with Crippen molar-refractivity contribution < 1.29 is 4.79 Å². The van der Waals surface area contributed by atoms with Crippen LogP contribution in [-0.4, -0.2) is 46.3 Å². The average molecular weight is 310 g/mol. The fraction of sp³-hybridized carbons (Fsp3) is 0.444. The van der Waals surface area contributed by atoms with Gasteiger partial charge in [0.05, 0.1) is 12.1 Å². The van der Waals surface area contributed by atoms with Gasteiger partial charge in [-0.1, -0.05) is 18.2 Å². The van der Waals surface area contributed by atoms with Crippen molar-refractivity contribution in [1.29, 1.82) is 0 Å². The number of likely N-dealkylation sites (tertiary alicyclic amines) is 1. The number of nitrogens with zero attached hydrogens (tertiary/aromatic N) is 4. The molecule has 5 nitrogen and oxygen atoms in total. The number of para-hydroxylation sites is 1. The molecule has 1 saturated heterocycles. The van der Waals surface area contributed by atoms with Crippen LogP contribution in [-0.2, 0) is 11.2 Å². The van der Waals surface area contributed by atoms with E-state index in [0.29, 0.717) is 6.04 Å². The van der Waals surface area contributed by atoms with Crippen molar-refractivity contribution in [1.82, 2.24) is 14.7 Å². The maximum atomic E-state index is 13.0. The van der Waals surface area contributed by atoms with Gasteiger partial charge in [-0.25, -0.2) is 0 Å². The van der Waals surface area contributed by atoms with Crippen molar-refractivity contribution in [2.75, 3.05) is 24.5 Å². The summed E-state index contributed by atoms with van der Waals surface area (Å²) in [7, 11) is 0. The summed E-state index contributed by atoms with van der Waals surface area (Å²) >= 11 is 0. The number of aromatic nitrogens is 2. The molecule has 3 heterocycles. The lowest BCUT2D eigenvalue weighted by Crippen LogP contribution is -2.57. The Hall–Kier alpha value is -2.14.